The summed E-state index contributed by atoms with van der Waals surface area (Å²) in [6, 6.07) is 12.3. The molecule has 0 radical (unpaired) electrons. The maximum atomic E-state index is 14.8. The summed E-state index contributed by atoms with van der Waals surface area (Å²) in [7, 11) is 0. The van der Waals surface area contributed by atoms with Crippen LogP contribution in [0.2, 0.25) is 0 Å². The Labute approximate surface area is 311 Å². The van der Waals surface area contributed by atoms with Crippen LogP contribution in [0.5, 0.6) is 0 Å². The summed E-state index contributed by atoms with van der Waals surface area (Å²) in [5.74, 6) is -0.821. The molecule has 51 heavy (non-hydrogen) atoms. The number of esters is 1. The van der Waals surface area contributed by atoms with Crippen LogP contribution in [0.15, 0.2) is 48.5 Å². The van der Waals surface area contributed by atoms with Crippen LogP contribution in [-0.2, 0) is 30.3 Å². The van der Waals surface area contributed by atoms with Gasteiger partial charge < -0.3 is 25.0 Å². The summed E-state index contributed by atoms with van der Waals surface area (Å²) in [4.78, 5) is 57.8. The molecular formula is C41H63N3O6S. The number of unbranched alkanes of at least 4 members (excludes halogenated alkanes) is 5. The molecule has 0 saturated heterocycles. The SMILES string of the molecule is CCCCCCCCN(C(=O)C(CCSC)NC(=O)OC(C)(C)C)C(C(=O)NC(Cc1ccccc1)C(=O)OC(C)(C)C)c1cc(C)cc(C)c1. The fraction of sp³-hybridized carbons (Fsp3) is 0.610. The van der Waals surface area contributed by atoms with Gasteiger partial charge >= 0.3 is 12.1 Å². The summed E-state index contributed by atoms with van der Waals surface area (Å²) in [5.41, 5.74) is 1.83. The van der Waals surface area contributed by atoms with Crippen LogP contribution < -0.4 is 10.6 Å². The molecule has 9 nitrogen and oxygen atoms in total. The summed E-state index contributed by atoms with van der Waals surface area (Å²) >= 11 is 1.57. The molecule has 2 rings (SSSR count). The Morgan fingerprint density at radius 2 is 1.37 bits per heavy atom. The highest BCUT2D eigenvalue weighted by atomic mass is 32.2. The lowest BCUT2D eigenvalue weighted by Crippen LogP contribution is -2.55. The summed E-state index contributed by atoms with van der Waals surface area (Å²) in [6.45, 7) is 17.0. The molecule has 0 aliphatic rings. The predicted octanol–water partition coefficient (Wildman–Crippen LogP) is 8.25. The number of amides is 3. The van der Waals surface area contributed by atoms with E-state index in [-0.39, 0.29) is 18.9 Å². The van der Waals surface area contributed by atoms with Gasteiger partial charge in [0.15, 0.2) is 0 Å². The lowest BCUT2D eigenvalue weighted by molar-refractivity contribution is -0.159. The standard InChI is InChI=1S/C41H63N3O6S/c1-11-12-13-14-15-19-23-44(37(46)33(22-24-51-10)43-39(48)50-41(7,8)9)35(32-26-29(2)25-30(3)27-32)36(45)42-34(38(47)49-40(4,5)6)28-31-20-17-16-18-21-31/h16-18,20-21,25-27,33-35H,11-15,19,22-24,28H2,1-10H3,(H,42,45)(H,43,48). The van der Waals surface area contributed by atoms with E-state index < -0.39 is 47.3 Å². The molecule has 0 heterocycles. The van der Waals surface area contributed by atoms with Crippen molar-refractivity contribution in [3.05, 3.63) is 70.8 Å². The first kappa shape index (κ1) is 43.6. The Morgan fingerprint density at radius 1 is 0.784 bits per heavy atom. The van der Waals surface area contributed by atoms with Crippen LogP contribution in [0, 0.1) is 13.8 Å². The van der Waals surface area contributed by atoms with Gasteiger partial charge in [-0.3, -0.25) is 9.59 Å². The molecule has 3 atom stereocenters. The van der Waals surface area contributed by atoms with Crippen molar-refractivity contribution in [3.8, 4) is 0 Å². The van der Waals surface area contributed by atoms with Gasteiger partial charge in [0, 0.05) is 13.0 Å². The zero-order valence-corrected chi connectivity index (χ0v) is 33.5. The number of benzene rings is 2. The van der Waals surface area contributed by atoms with E-state index in [4.69, 9.17) is 9.47 Å². The lowest BCUT2D eigenvalue weighted by Gasteiger charge is -2.35. The van der Waals surface area contributed by atoms with Crippen molar-refractivity contribution in [2.45, 2.75) is 143 Å². The van der Waals surface area contributed by atoms with Crippen LogP contribution in [-0.4, -0.2) is 70.6 Å². The van der Waals surface area contributed by atoms with E-state index in [2.05, 4.69) is 17.6 Å². The van der Waals surface area contributed by atoms with Crippen molar-refractivity contribution in [1.29, 1.82) is 0 Å². The smallest absolute Gasteiger partial charge is 0.408 e. The van der Waals surface area contributed by atoms with Gasteiger partial charge in [-0.05, 0) is 91.4 Å². The molecule has 2 aromatic carbocycles. The van der Waals surface area contributed by atoms with Crippen LogP contribution >= 0.6 is 11.8 Å². The zero-order chi connectivity index (χ0) is 38.2. The molecule has 2 aromatic rings. The highest BCUT2D eigenvalue weighted by molar-refractivity contribution is 7.98. The van der Waals surface area contributed by atoms with Crippen molar-refractivity contribution in [1.82, 2.24) is 15.5 Å². The summed E-state index contributed by atoms with van der Waals surface area (Å²) in [6.07, 6.45) is 7.74. The van der Waals surface area contributed by atoms with Crippen molar-refractivity contribution >= 4 is 35.6 Å². The minimum absolute atomic E-state index is 0.211. The molecular weight excluding hydrogens is 663 g/mol. The van der Waals surface area contributed by atoms with Crippen LogP contribution in [0.3, 0.4) is 0 Å². The molecule has 3 amide bonds. The van der Waals surface area contributed by atoms with Crippen molar-refractivity contribution in [2.24, 2.45) is 0 Å². The number of carbonyl (C=O) groups excluding carboxylic acids is 4. The van der Waals surface area contributed by atoms with E-state index in [0.717, 1.165) is 48.8 Å². The molecule has 0 fully saturated rings. The number of nitrogens with one attached hydrogen (secondary N) is 2. The minimum Gasteiger partial charge on any atom is -0.458 e. The molecule has 0 aliphatic heterocycles. The van der Waals surface area contributed by atoms with Crippen molar-refractivity contribution < 1.29 is 28.7 Å². The quantitative estimate of drug-likeness (QED) is 0.111. The topological polar surface area (TPSA) is 114 Å². The third-order valence-electron chi connectivity index (χ3n) is 8.05. The van der Waals surface area contributed by atoms with E-state index >= 15 is 0 Å². The largest absolute Gasteiger partial charge is 0.458 e. The first-order valence-corrected chi connectivity index (χ1v) is 19.8. The van der Waals surface area contributed by atoms with Crippen LogP contribution in [0.1, 0.15) is 122 Å². The zero-order valence-electron chi connectivity index (χ0n) is 32.7. The van der Waals surface area contributed by atoms with Gasteiger partial charge in [-0.2, -0.15) is 11.8 Å². The second-order valence-corrected chi connectivity index (χ2v) is 16.4. The number of ether oxygens (including phenoxy) is 2. The molecule has 3 unspecified atom stereocenters. The average molecular weight is 726 g/mol. The number of carbonyl (C=O) groups is 4. The Kier molecular flexibility index (Phi) is 18.1. The maximum absolute atomic E-state index is 14.8. The Morgan fingerprint density at radius 3 is 1.94 bits per heavy atom. The molecule has 10 heteroatoms. The van der Waals surface area contributed by atoms with E-state index in [9.17, 15) is 19.2 Å². The molecule has 0 saturated carbocycles. The third kappa shape index (κ3) is 16.6. The van der Waals surface area contributed by atoms with Gasteiger partial charge in [0.2, 0.25) is 11.8 Å². The highest BCUT2D eigenvalue weighted by Crippen LogP contribution is 2.27. The number of aryl methyl sites for hydroxylation is 2. The summed E-state index contributed by atoms with van der Waals surface area (Å²) < 4.78 is 11.3. The van der Waals surface area contributed by atoms with Gasteiger partial charge in [0.05, 0.1) is 0 Å². The summed E-state index contributed by atoms with van der Waals surface area (Å²) in [5, 5.41) is 5.83. The maximum Gasteiger partial charge on any atom is 0.408 e. The highest BCUT2D eigenvalue weighted by Gasteiger charge is 2.38. The Hall–Kier alpha value is -3.53. The monoisotopic (exact) mass is 725 g/mol. The van der Waals surface area contributed by atoms with Crippen LogP contribution in [0.4, 0.5) is 4.79 Å². The normalized spacial score (nSPS) is 13.5. The lowest BCUT2D eigenvalue weighted by atomic mass is 9.97. The number of hydrogen-bond donors (Lipinski definition) is 2. The number of rotatable bonds is 19. The molecule has 0 aromatic heterocycles. The molecule has 0 spiro atoms. The van der Waals surface area contributed by atoms with Crippen molar-refractivity contribution in [3.63, 3.8) is 0 Å². The van der Waals surface area contributed by atoms with Gasteiger partial charge in [-0.25, -0.2) is 9.59 Å². The molecule has 284 valence electrons. The fourth-order valence-corrected chi connectivity index (χ4v) is 6.35. The van der Waals surface area contributed by atoms with Gasteiger partial charge in [0.25, 0.3) is 0 Å². The number of hydrogen-bond acceptors (Lipinski definition) is 7. The van der Waals surface area contributed by atoms with Gasteiger partial charge in [-0.1, -0.05) is 98.7 Å². The first-order chi connectivity index (χ1) is 23.9. The number of alkyl carbamates (subject to hydrolysis) is 1. The third-order valence-corrected chi connectivity index (χ3v) is 8.69. The molecule has 0 aliphatic carbocycles. The van der Waals surface area contributed by atoms with E-state index in [0.29, 0.717) is 24.2 Å². The predicted molar refractivity (Wildman–Crippen MR) is 208 cm³/mol. The Bertz CT molecular complexity index is 1380. The average Bonchev–Trinajstić information content (AvgIpc) is 3.01. The van der Waals surface area contributed by atoms with E-state index in [1.807, 2.05) is 68.6 Å². The van der Waals surface area contributed by atoms with Crippen LogP contribution in [0.25, 0.3) is 0 Å². The minimum atomic E-state index is -1.08. The second kappa shape index (κ2) is 21.1. The van der Waals surface area contributed by atoms with Gasteiger partial charge in [-0.15, -0.1) is 0 Å². The van der Waals surface area contributed by atoms with E-state index in [1.54, 1.807) is 58.2 Å². The van der Waals surface area contributed by atoms with Gasteiger partial charge in [0.1, 0.15) is 29.3 Å². The number of thioether (sulfide) groups is 1. The van der Waals surface area contributed by atoms with Crippen molar-refractivity contribution in [2.75, 3.05) is 18.6 Å². The molecule has 0 bridgehead atoms. The fourth-order valence-electron chi connectivity index (χ4n) is 5.88. The number of nitrogens with zero attached hydrogens (tertiary/aromatic N) is 1. The first-order valence-electron chi connectivity index (χ1n) is 18.4. The molecule has 2 N–H and O–H groups in total. The second-order valence-electron chi connectivity index (χ2n) is 15.4. The Balaban J connectivity index is 2.66. The van der Waals surface area contributed by atoms with E-state index in [1.165, 1.54) is 0 Å².